The molecule has 0 aliphatic rings. The number of carbonyl (C=O) groups is 2. The van der Waals surface area contributed by atoms with Crippen LogP contribution in [0.3, 0.4) is 0 Å². The van der Waals surface area contributed by atoms with E-state index in [0.717, 1.165) is 17.7 Å². The van der Waals surface area contributed by atoms with Crippen LogP contribution in [0.25, 0.3) is 0 Å². The highest BCUT2D eigenvalue weighted by molar-refractivity contribution is 6.32. The number of carboxylic acid groups (broad SMARTS) is 1. The second kappa shape index (κ2) is 6.68. The van der Waals surface area contributed by atoms with Crippen LogP contribution in [-0.2, 0) is 16.0 Å². The lowest BCUT2D eigenvalue weighted by atomic mass is 10.1. The number of Topliss-reactive ketones (excluding diaryl/α,β-unsaturated/α-hetero) is 1. The Hall–Kier alpha value is -1.84. The molecule has 1 aromatic rings. The highest BCUT2D eigenvalue weighted by Crippen LogP contribution is 2.13. The van der Waals surface area contributed by atoms with Gasteiger partial charge in [0.15, 0.2) is 0 Å². The van der Waals surface area contributed by atoms with Gasteiger partial charge in [0.2, 0.25) is 5.78 Å². The van der Waals surface area contributed by atoms with Crippen molar-refractivity contribution in [2.45, 2.75) is 26.2 Å². The zero-order chi connectivity index (χ0) is 12.7. The van der Waals surface area contributed by atoms with E-state index < -0.39 is 11.8 Å². The van der Waals surface area contributed by atoms with E-state index in [1.807, 2.05) is 31.2 Å². The molecule has 4 nitrogen and oxygen atoms in total. The van der Waals surface area contributed by atoms with Crippen molar-refractivity contribution in [2.24, 2.45) is 0 Å². The SMILES string of the molecule is CCCOc1ccc(CCC(=O)C(=O)O)cc1. The fourth-order valence-electron chi connectivity index (χ4n) is 1.34. The number of hydrogen-bond acceptors (Lipinski definition) is 3. The normalized spacial score (nSPS) is 9.94. The summed E-state index contributed by atoms with van der Waals surface area (Å²) in [6.45, 7) is 2.71. The minimum absolute atomic E-state index is 0.0322. The van der Waals surface area contributed by atoms with E-state index in [4.69, 9.17) is 9.84 Å². The van der Waals surface area contributed by atoms with Gasteiger partial charge in [-0.15, -0.1) is 0 Å². The number of carbonyl (C=O) groups excluding carboxylic acids is 1. The average Bonchev–Trinajstić information content (AvgIpc) is 2.34. The van der Waals surface area contributed by atoms with Crippen LogP contribution in [0.15, 0.2) is 24.3 Å². The summed E-state index contributed by atoms with van der Waals surface area (Å²) in [4.78, 5) is 21.2. The van der Waals surface area contributed by atoms with Crippen LogP contribution in [0, 0.1) is 0 Å². The number of rotatable bonds is 7. The van der Waals surface area contributed by atoms with Crippen LogP contribution >= 0.6 is 0 Å². The minimum Gasteiger partial charge on any atom is -0.494 e. The fraction of sp³-hybridized carbons (Fsp3) is 0.385. The van der Waals surface area contributed by atoms with Crippen LogP contribution in [-0.4, -0.2) is 23.5 Å². The molecular weight excluding hydrogens is 220 g/mol. The van der Waals surface area contributed by atoms with Gasteiger partial charge in [-0.2, -0.15) is 0 Å². The Balaban J connectivity index is 2.45. The van der Waals surface area contributed by atoms with Crippen molar-refractivity contribution in [1.82, 2.24) is 0 Å². The third kappa shape index (κ3) is 4.68. The van der Waals surface area contributed by atoms with Crippen molar-refractivity contribution >= 4 is 11.8 Å². The van der Waals surface area contributed by atoms with Crippen LogP contribution < -0.4 is 4.74 Å². The Bertz CT molecular complexity index is 381. The molecule has 0 unspecified atom stereocenters. The molecule has 0 heterocycles. The second-order valence-electron chi connectivity index (χ2n) is 3.72. The standard InChI is InChI=1S/C13H16O4/c1-2-9-17-11-6-3-10(4-7-11)5-8-12(14)13(15)16/h3-4,6-7H,2,5,8-9H2,1H3,(H,15,16). The summed E-state index contributed by atoms with van der Waals surface area (Å²) in [6, 6.07) is 7.35. The summed E-state index contributed by atoms with van der Waals surface area (Å²) in [7, 11) is 0. The molecule has 4 heteroatoms. The molecule has 0 radical (unpaired) electrons. The highest BCUT2D eigenvalue weighted by atomic mass is 16.5. The second-order valence-corrected chi connectivity index (χ2v) is 3.72. The zero-order valence-electron chi connectivity index (χ0n) is 9.81. The molecule has 1 rings (SSSR count). The molecule has 0 aliphatic carbocycles. The first-order valence-corrected chi connectivity index (χ1v) is 5.61. The van der Waals surface area contributed by atoms with Gasteiger partial charge in [-0.05, 0) is 30.5 Å². The molecule has 0 saturated heterocycles. The van der Waals surface area contributed by atoms with E-state index in [2.05, 4.69) is 0 Å². The van der Waals surface area contributed by atoms with Gasteiger partial charge in [0.1, 0.15) is 5.75 Å². The number of ether oxygens (including phenoxy) is 1. The van der Waals surface area contributed by atoms with E-state index in [1.54, 1.807) is 0 Å². The summed E-state index contributed by atoms with van der Waals surface area (Å²) >= 11 is 0. The lowest BCUT2D eigenvalue weighted by molar-refractivity contribution is -0.149. The van der Waals surface area contributed by atoms with Crippen molar-refractivity contribution < 1.29 is 19.4 Å². The van der Waals surface area contributed by atoms with Crippen molar-refractivity contribution in [2.75, 3.05) is 6.61 Å². The van der Waals surface area contributed by atoms with Crippen LogP contribution in [0.4, 0.5) is 0 Å². The largest absolute Gasteiger partial charge is 0.494 e. The van der Waals surface area contributed by atoms with Gasteiger partial charge in [-0.1, -0.05) is 19.1 Å². The Morgan fingerprint density at radius 1 is 1.24 bits per heavy atom. The van der Waals surface area contributed by atoms with E-state index in [9.17, 15) is 9.59 Å². The summed E-state index contributed by atoms with van der Waals surface area (Å²) in [5, 5.41) is 8.43. The number of benzene rings is 1. The predicted molar refractivity (Wildman–Crippen MR) is 63.2 cm³/mol. The summed E-state index contributed by atoms with van der Waals surface area (Å²) in [6.07, 6.45) is 1.43. The van der Waals surface area contributed by atoms with E-state index in [-0.39, 0.29) is 6.42 Å². The van der Waals surface area contributed by atoms with E-state index in [1.165, 1.54) is 0 Å². The molecule has 0 atom stereocenters. The molecular formula is C13H16O4. The Morgan fingerprint density at radius 3 is 2.41 bits per heavy atom. The van der Waals surface area contributed by atoms with Crippen molar-refractivity contribution in [1.29, 1.82) is 0 Å². The van der Waals surface area contributed by atoms with E-state index in [0.29, 0.717) is 13.0 Å². The van der Waals surface area contributed by atoms with Gasteiger partial charge in [-0.25, -0.2) is 4.79 Å². The quantitative estimate of drug-likeness (QED) is 0.736. The monoisotopic (exact) mass is 236 g/mol. The van der Waals surface area contributed by atoms with Gasteiger partial charge >= 0.3 is 5.97 Å². The maximum absolute atomic E-state index is 10.9. The molecule has 0 saturated carbocycles. The van der Waals surface area contributed by atoms with Crippen LogP contribution in [0.2, 0.25) is 0 Å². The van der Waals surface area contributed by atoms with Crippen LogP contribution in [0.1, 0.15) is 25.3 Å². The molecule has 0 spiro atoms. The molecule has 0 bridgehead atoms. The summed E-state index contributed by atoms with van der Waals surface area (Å²) in [5.41, 5.74) is 0.934. The van der Waals surface area contributed by atoms with Crippen molar-refractivity contribution in [3.8, 4) is 5.75 Å². The summed E-state index contributed by atoms with van der Waals surface area (Å²) < 4.78 is 5.41. The lowest BCUT2D eigenvalue weighted by Gasteiger charge is -2.05. The van der Waals surface area contributed by atoms with Crippen molar-refractivity contribution in [3.63, 3.8) is 0 Å². The van der Waals surface area contributed by atoms with Gasteiger partial charge in [0.25, 0.3) is 0 Å². The first-order valence-electron chi connectivity index (χ1n) is 5.61. The molecule has 0 aliphatic heterocycles. The third-order valence-corrected chi connectivity index (χ3v) is 2.28. The average molecular weight is 236 g/mol. The molecule has 17 heavy (non-hydrogen) atoms. The Morgan fingerprint density at radius 2 is 1.88 bits per heavy atom. The van der Waals surface area contributed by atoms with Crippen LogP contribution in [0.5, 0.6) is 5.75 Å². The predicted octanol–water partition coefficient (Wildman–Crippen LogP) is 2.06. The number of ketones is 1. The molecule has 0 amide bonds. The van der Waals surface area contributed by atoms with Gasteiger partial charge in [0.05, 0.1) is 6.61 Å². The fourth-order valence-corrected chi connectivity index (χ4v) is 1.34. The maximum atomic E-state index is 10.9. The molecule has 0 fully saturated rings. The molecule has 0 aromatic heterocycles. The molecule has 1 N–H and O–H groups in total. The lowest BCUT2D eigenvalue weighted by Crippen LogP contribution is -2.12. The smallest absolute Gasteiger partial charge is 0.372 e. The third-order valence-electron chi connectivity index (χ3n) is 2.28. The zero-order valence-corrected chi connectivity index (χ0v) is 9.81. The number of hydrogen-bond donors (Lipinski definition) is 1. The molecule has 92 valence electrons. The number of aliphatic carboxylic acids is 1. The minimum atomic E-state index is -1.37. The van der Waals surface area contributed by atoms with E-state index >= 15 is 0 Å². The Labute approximate surface area is 100 Å². The van der Waals surface area contributed by atoms with Gasteiger partial charge in [0, 0.05) is 6.42 Å². The first kappa shape index (κ1) is 13.2. The Kier molecular flexibility index (Phi) is 5.20. The summed E-state index contributed by atoms with van der Waals surface area (Å²) in [5.74, 6) is -1.33. The molecule has 1 aromatic carbocycles. The van der Waals surface area contributed by atoms with Gasteiger partial charge in [-0.3, -0.25) is 4.79 Å². The first-order chi connectivity index (χ1) is 8.13. The topological polar surface area (TPSA) is 63.6 Å². The van der Waals surface area contributed by atoms with Gasteiger partial charge < -0.3 is 9.84 Å². The number of aryl methyl sites for hydroxylation is 1. The maximum Gasteiger partial charge on any atom is 0.372 e. The number of carboxylic acids is 1. The van der Waals surface area contributed by atoms with Crippen molar-refractivity contribution in [3.05, 3.63) is 29.8 Å². The highest BCUT2D eigenvalue weighted by Gasteiger charge is 2.10.